The Bertz CT molecular complexity index is 1090. The summed E-state index contributed by atoms with van der Waals surface area (Å²) in [5, 5.41) is 2.82. The predicted molar refractivity (Wildman–Crippen MR) is 109 cm³/mol. The summed E-state index contributed by atoms with van der Waals surface area (Å²) >= 11 is 0. The maximum absolute atomic E-state index is 12.6. The summed E-state index contributed by atoms with van der Waals surface area (Å²) in [6.07, 6.45) is 1.22. The number of ether oxygens (including phenoxy) is 1. The molecule has 0 aliphatic carbocycles. The van der Waals surface area contributed by atoms with Crippen LogP contribution < -0.4 is 10.1 Å². The molecule has 3 rings (SSSR count). The Morgan fingerprint density at radius 3 is 2.46 bits per heavy atom. The van der Waals surface area contributed by atoms with Gasteiger partial charge >= 0.3 is 0 Å². The second-order valence-electron chi connectivity index (χ2n) is 6.91. The van der Waals surface area contributed by atoms with Gasteiger partial charge < -0.3 is 14.6 Å². The van der Waals surface area contributed by atoms with Gasteiger partial charge in [0.2, 0.25) is 5.91 Å². The highest BCUT2D eigenvalue weighted by Crippen LogP contribution is 2.19. The lowest BCUT2D eigenvalue weighted by Crippen LogP contribution is -2.21. The highest BCUT2D eigenvalue weighted by molar-refractivity contribution is 7.89. The minimum atomic E-state index is -3.29. The van der Waals surface area contributed by atoms with Crippen molar-refractivity contribution in [1.29, 1.82) is 0 Å². The number of carbonyl (C=O) groups excluding carboxylic acids is 1. The van der Waals surface area contributed by atoms with E-state index in [2.05, 4.69) is 10.3 Å². The first-order chi connectivity index (χ1) is 13.2. The number of hydrogen-bond donors (Lipinski definition) is 1. The number of carbonyl (C=O) groups is 1. The van der Waals surface area contributed by atoms with E-state index in [4.69, 9.17) is 4.74 Å². The van der Waals surface area contributed by atoms with Gasteiger partial charge in [-0.3, -0.25) is 4.79 Å². The Kier molecular flexibility index (Phi) is 5.69. The van der Waals surface area contributed by atoms with Crippen LogP contribution in [-0.2, 0) is 26.9 Å². The monoisotopic (exact) mass is 401 g/mol. The zero-order valence-electron chi connectivity index (χ0n) is 16.0. The minimum Gasteiger partial charge on any atom is -0.491 e. The Labute approximate surface area is 164 Å². The summed E-state index contributed by atoms with van der Waals surface area (Å²) in [7, 11) is -3.29. The fourth-order valence-corrected chi connectivity index (χ4v) is 3.57. The zero-order chi connectivity index (χ0) is 20.3. The van der Waals surface area contributed by atoms with Gasteiger partial charge in [-0.05, 0) is 50.2 Å². The van der Waals surface area contributed by atoms with E-state index in [0.29, 0.717) is 17.0 Å². The number of nitrogens with one attached hydrogen (secondary N) is 1. The molecule has 1 aromatic heterocycles. The average molecular weight is 401 g/mol. The second kappa shape index (κ2) is 8.02. The summed E-state index contributed by atoms with van der Waals surface area (Å²) in [4.78, 5) is 16.9. The van der Waals surface area contributed by atoms with Crippen molar-refractivity contribution in [3.8, 4) is 5.75 Å². The highest BCUT2D eigenvalue weighted by Gasteiger charge is 2.17. The van der Waals surface area contributed by atoms with Crippen LogP contribution in [0, 0.1) is 0 Å². The van der Waals surface area contributed by atoms with Gasteiger partial charge in [-0.1, -0.05) is 12.1 Å². The van der Waals surface area contributed by atoms with Gasteiger partial charge in [-0.2, -0.15) is 0 Å². The van der Waals surface area contributed by atoms with Crippen LogP contribution >= 0.6 is 0 Å². The van der Waals surface area contributed by atoms with Crippen LogP contribution in [0.1, 0.15) is 19.7 Å². The Hall–Kier alpha value is -2.87. The van der Waals surface area contributed by atoms with Crippen molar-refractivity contribution in [3.05, 3.63) is 54.4 Å². The number of nitrogens with zero attached hydrogens (tertiary/aromatic N) is 2. The SMILES string of the molecule is CC(C)Oc1ccc(NC(=O)Cn2c(CS(C)(=O)=O)nc3ccccc32)cc1. The third-order valence-corrected chi connectivity index (χ3v) is 4.72. The molecule has 1 heterocycles. The van der Waals surface area contributed by atoms with Crippen LogP contribution in [0.4, 0.5) is 5.69 Å². The van der Waals surface area contributed by atoms with Gasteiger partial charge in [-0.15, -0.1) is 0 Å². The van der Waals surface area contributed by atoms with E-state index in [9.17, 15) is 13.2 Å². The van der Waals surface area contributed by atoms with Gasteiger partial charge in [0.05, 0.1) is 17.1 Å². The number of amides is 1. The smallest absolute Gasteiger partial charge is 0.244 e. The molecule has 0 fully saturated rings. The van der Waals surface area contributed by atoms with E-state index in [1.54, 1.807) is 34.9 Å². The summed E-state index contributed by atoms with van der Waals surface area (Å²) < 4.78 is 30.7. The molecule has 0 saturated carbocycles. The zero-order valence-corrected chi connectivity index (χ0v) is 16.9. The van der Waals surface area contributed by atoms with Gasteiger partial charge in [0.15, 0.2) is 9.84 Å². The lowest BCUT2D eigenvalue weighted by atomic mass is 10.3. The number of sulfone groups is 1. The summed E-state index contributed by atoms with van der Waals surface area (Å²) in [6, 6.07) is 14.4. The first kappa shape index (κ1) is 19.9. The molecular formula is C20H23N3O4S. The van der Waals surface area contributed by atoms with E-state index in [1.165, 1.54) is 0 Å². The number of rotatable bonds is 7. The fourth-order valence-electron chi connectivity index (χ4n) is 2.88. The molecule has 0 spiro atoms. The van der Waals surface area contributed by atoms with E-state index in [1.807, 2.05) is 32.0 Å². The maximum Gasteiger partial charge on any atom is 0.244 e. The van der Waals surface area contributed by atoms with Crippen LogP contribution in [0.25, 0.3) is 11.0 Å². The quantitative estimate of drug-likeness (QED) is 0.657. The molecule has 0 bridgehead atoms. The molecule has 1 amide bonds. The number of fused-ring (bicyclic) bond motifs is 1. The minimum absolute atomic E-state index is 0.0321. The number of benzene rings is 2. The Balaban J connectivity index is 1.79. The molecular weight excluding hydrogens is 378 g/mol. The molecule has 0 aliphatic heterocycles. The van der Waals surface area contributed by atoms with Crippen molar-refractivity contribution < 1.29 is 17.9 Å². The van der Waals surface area contributed by atoms with E-state index >= 15 is 0 Å². The molecule has 0 saturated heterocycles. The van der Waals surface area contributed by atoms with Crippen LogP contribution in [0.2, 0.25) is 0 Å². The van der Waals surface area contributed by atoms with Crippen LogP contribution in [0.3, 0.4) is 0 Å². The first-order valence-electron chi connectivity index (χ1n) is 8.90. The lowest BCUT2D eigenvalue weighted by molar-refractivity contribution is -0.116. The molecule has 1 N–H and O–H groups in total. The van der Waals surface area contributed by atoms with Crippen molar-refractivity contribution >= 4 is 32.5 Å². The number of anilines is 1. The second-order valence-corrected chi connectivity index (χ2v) is 9.05. The number of imidazole rings is 1. The average Bonchev–Trinajstić information content (AvgIpc) is 2.92. The third-order valence-electron chi connectivity index (χ3n) is 3.94. The molecule has 2 aromatic carbocycles. The Morgan fingerprint density at radius 2 is 1.82 bits per heavy atom. The number of hydrogen-bond acceptors (Lipinski definition) is 5. The molecule has 148 valence electrons. The van der Waals surface area contributed by atoms with Crippen molar-refractivity contribution in [2.75, 3.05) is 11.6 Å². The molecule has 0 radical (unpaired) electrons. The van der Waals surface area contributed by atoms with Crippen molar-refractivity contribution in [1.82, 2.24) is 9.55 Å². The van der Waals surface area contributed by atoms with E-state index < -0.39 is 9.84 Å². The molecule has 3 aromatic rings. The predicted octanol–water partition coefficient (Wildman–Crippen LogP) is 3.01. The normalized spacial score (nSPS) is 11.7. The lowest BCUT2D eigenvalue weighted by Gasteiger charge is -2.12. The van der Waals surface area contributed by atoms with Gasteiger partial charge in [-0.25, -0.2) is 13.4 Å². The van der Waals surface area contributed by atoms with Crippen molar-refractivity contribution in [3.63, 3.8) is 0 Å². The van der Waals surface area contributed by atoms with E-state index in [-0.39, 0.29) is 24.3 Å². The molecule has 0 unspecified atom stereocenters. The highest BCUT2D eigenvalue weighted by atomic mass is 32.2. The number of para-hydroxylation sites is 2. The Morgan fingerprint density at radius 1 is 1.14 bits per heavy atom. The van der Waals surface area contributed by atoms with Crippen molar-refractivity contribution in [2.45, 2.75) is 32.2 Å². The molecule has 7 nitrogen and oxygen atoms in total. The van der Waals surface area contributed by atoms with E-state index in [0.717, 1.165) is 17.5 Å². The summed E-state index contributed by atoms with van der Waals surface area (Å²) in [5.74, 6) is 0.579. The molecule has 8 heteroatoms. The largest absolute Gasteiger partial charge is 0.491 e. The fraction of sp³-hybridized carbons (Fsp3) is 0.300. The molecule has 28 heavy (non-hydrogen) atoms. The van der Waals surface area contributed by atoms with Gasteiger partial charge in [0, 0.05) is 11.9 Å². The standard InChI is InChI=1S/C20H23N3O4S/c1-14(2)27-16-10-8-15(9-11-16)21-20(24)12-23-18-7-5-4-6-17(18)22-19(23)13-28(3,25)26/h4-11,14H,12-13H2,1-3H3,(H,21,24). The topological polar surface area (TPSA) is 90.3 Å². The van der Waals surface area contributed by atoms with Gasteiger partial charge in [0.25, 0.3) is 0 Å². The maximum atomic E-state index is 12.6. The summed E-state index contributed by atoms with van der Waals surface area (Å²) in [6.45, 7) is 3.86. The molecule has 0 aliphatic rings. The van der Waals surface area contributed by atoms with Crippen LogP contribution in [0.5, 0.6) is 5.75 Å². The third kappa shape index (κ3) is 5.10. The molecule has 0 atom stereocenters. The summed E-state index contributed by atoms with van der Waals surface area (Å²) in [5.41, 5.74) is 2.01. The van der Waals surface area contributed by atoms with Crippen LogP contribution in [-0.4, -0.2) is 36.2 Å². The van der Waals surface area contributed by atoms with Gasteiger partial charge in [0.1, 0.15) is 23.9 Å². The van der Waals surface area contributed by atoms with Crippen molar-refractivity contribution in [2.24, 2.45) is 0 Å². The number of aromatic nitrogens is 2. The van der Waals surface area contributed by atoms with Crippen LogP contribution in [0.15, 0.2) is 48.5 Å². The first-order valence-corrected chi connectivity index (χ1v) is 11.0.